The third-order valence-electron chi connectivity index (χ3n) is 2.13. The van der Waals surface area contributed by atoms with Crippen LogP contribution in [-0.4, -0.2) is 27.0 Å². The molecule has 1 heterocycles. The maximum atomic E-state index is 10.5. The summed E-state index contributed by atoms with van der Waals surface area (Å²) in [5.74, 6) is 5.37. The monoisotopic (exact) mass is 285 g/mol. The number of hydrogen-bond donors (Lipinski definition) is 3. The van der Waals surface area contributed by atoms with Crippen molar-refractivity contribution >= 4 is 29.3 Å². The van der Waals surface area contributed by atoms with Crippen molar-refractivity contribution in [2.45, 2.75) is 5.16 Å². The van der Waals surface area contributed by atoms with Crippen LogP contribution in [-0.2, 0) is 4.79 Å². The molecule has 4 N–H and O–H groups in total. The first-order valence-electron chi connectivity index (χ1n) is 4.94. The number of aliphatic carboxylic acids is 1. The van der Waals surface area contributed by atoms with Crippen LogP contribution < -0.4 is 10.5 Å². The maximum absolute atomic E-state index is 10.5. The Hall–Kier alpha value is -1.73. The molecule has 6 nitrogen and oxygen atoms in total. The molecule has 0 fully saturated rings. The lowest BCUT2D eigenvalue weighted by molar-refractivity contribution is -0.666. The summed E-state index contributed by atoms with van der Waals surface area (Å²) in [5.41, 5.74) is 0.777. The van der Waals surface area contributed by atoms with Crippen molar-refractivity contribution in [2.75, 3.05) is 11.6 Å². The predicted molar refractivity (Wildman–Crippen MR) is 67.7 cm³/mol. The Morgan fingerprint density at radius 3 is 3.06 bits per heavy atom. The number of carboxylic acids is 1. The fourth-order valence-electron chi connectivity index (χ4n) is 1.37. The zero-order valence-corrected chi connectivity index (χ0v) is 10.7. The number of nitrogen functional groups attached to an aromatic ring is 1. The topological polar surface area (TPSA) is 95.9 Å². The highest BCUT2D eigenvalue weighted by molar-refractivity contribution is 7.99. The molecule has 0 aliphatic heterocycles. The van der Waals surface area contributed by atoms with E-state index in [2.05, 4.69) is 10.2 Å². The fourth-order valence-corrected chi connectivity index (χ4v) is 2.16. The van der Waals surface area contributed by atoms with Crippen molar-refractivity contribution in [1.29, 1.82) is 0 Å². The van der Waals surface area contributed by atoms with E-state index in [4.69, 9.17) is 22.6 Å². The van der Waals surface area contributed by atoms with Gasteiger partial charge in [-0.05, 0) is 30.0 Å². The van der Waals surface area contributed by atoms with Crippen molar-refractivity contribution in [3.05, 3.63) is 29.3 Å². The molecule has 2 rings (SSSR count). The van der Waals surface area contributed by atoms with E-state index in [-0.39, 0.29) is 5.75 Å². The van der Waals surface area contributed by atoms with E-state index in [1.54, 1.807) is 18.2 Å². The van der Waals surface area contributed by atoms with Crippen LogP contribution >= 0.6 is 23.4 Å². The second-order valence-electron chi connectivity index (χ2n) is 3.42. The van der Waals surface area contributed by atoms with Gasteiger partial charge in [-0.1, -0.05) is 17.7 Å². The predicted octanol–water partition coefficient (Wildman–Crippen LogP) is 0.908. The standard InChI is InChI=1S/C10H9ClN4O2S/c11-7-3-1-2-6(4-7)9-13-14-10(15(9)12)18-5-8(16)17/h1-4H,5,12H2,(H,16,17)/p+1. The van der Waals surface area contributed by atoms with Gasteiger partial charge in [0, 0.05) is 5.02 Å². The van der Waals surface area contributed by atoms with Crippen LogP contribution in [0.2, 0.25) is 5.02 Å². The Morgan fingerprint density at radius 1 is 1.61 bits per heavy atom. The van der Waals surface area contributed by atoms with Crippen molar-refractivity contribution in [3.8, 4) is 11.4 Å². The summed E-state index contributed by atoms with van der Waals surface area (Å²) >= 11 is 6.93. The van der Waals surface area contributed by atoms with Crippen molar-refractivity contribution in [2.24, 2.45) is 0 Å². The van der Waals surface area contributed by atoms with Crippen LogP contribution in [0.25, 0.3) is 11.4 Å². The summed E-state index contributed by atoms with van der Waals surface area (Å²) < 4.78 is 1.30. The van der Waals surface area contributed by atoms with Gasteiger partial charge in [-0.15, -0.1) is 9.77 Å². The molecule has 0 aliphatic carbocycles. The number of carbonyl (C=O) groups is 1. The number of aromatic amines is 1. The first-order chi connectivity index (χ1) is 8.58. The summed E-state index contributed by atoms with van der Waals surface area (Å²) in [6.07, 6.45) is 0. The van der Waals surface area contributed by atoms with Crippen LogP contribution in [0.5, 0.6) is 0 Å². The largest absolute Gasteiger partial charge is 0.481 e. The van der Waals surface area contributed by atoms with Crippen LogP contribution in [0.3, 0.4) is 0 Å². The van der Waals surface area contributed by atoms with E-state index < -0.39 is 5.97 Å². The van der Waals surface area contributed by atoms with Gasteiger partial charge in [0.05, 0.1) is 10.7 Å². The summed E-state index contributed by atoms with van der Waals surface area (Å²) in [6.45, 7) is 0. The lowest BCUT2D eigenvalue weighted by Gasteiger charge is -1.97. The molecule has 0 spiro atoms. The highest BCUT2D eigenvalue weighted by atomic mass is 35.5. The summed E-state index contributed by atoms with van der Waals surface area (Å²) in [6, 6.07) is 7.11. The second-order valence-corrected chi connectivity index (χ2v) is 4.80. The van der Waals surface area contributed by atoms with Gasteiger partial charge < -0.3 is 5.11 Å². The molecule has 0 unspecified atom stereocenters. The maximum Gasteiger partial charge on any atom is 0.359 e. The SMILES string of the molecule is N[n+]1c(SCC(=O)O)n[nH]c1-c1cccc(Cl)c1. The van der Waals surface area contributed by atoms with E-state index in [1.807, 2.05) is 6.07 Å². The molecule has 1 aromatic heterocycles. The number of halogens is 1. The van der Waals surface area contributed by atoms with Crippen LogP contribution in [0.15, 0.2) is 29.4 Å². The second kappa shape index (κ2) is 5.28. The smallest absolute Gasteiger partial charge is 0.359 e. The normalized spacial score (nSPS) is 10.5. The van der Waals surface area contributed by atoms with E-state index in [0.717, 1.165) is 17.3 Å². The molecule has 0 saturated carbocycles. The van der Waals surface area contributed by atoms with Gasteiger partial charge in [0.2, 0.25) is 0 Å². The van der Waals surface area contributed by atoms with E-state index >= 15 is 0 Å². The third-order valence-corrected chi connectivity index (χ3v) is 3.30. The molecule has 94 valence electrons. The molecular weight excluding hydrogens is 276 g/mol. The van der Waals surface area contributed by atoms with Crippen LogP contribution in [0.4, 0.5) is 0 Å². The minimum Gasteiger partial charge on any atom is -0.481 e. The van der Waals surface area contributed by atoms with Gasteiger partial charge in [0.15, 0.2) is 0 Å². The number of carboxylic acid groups (broad SMARTS) is 1. The first kappa shape index (κ1) is 12.7. The lowest BCUT2D eigenvalue weighted by Crippen LogP contribution is -2.47. The van der Waals surface area contributed by atoms with E-state index in [0.29, 0.717) is 16.0 Å². The summed E-state index contributed by atoms with van der Waals surface area (Å²) in [7, 11) is 0. The number of rotatable bonds is 4. The fraction of sp³-hybridized carbons (Fsp3) is 0.100. The average Bonchev–Trinajstić information content (AvgIpc) is 2.68. The van der Waals surface area contributed by atoms with E-state index in [9.17, 15) is 4.79 Å². The van der Waals surface area contributed by atoms with Crippen LogP contribution in [0, 0.1) is 0 Å². The first-order valence-corrected chi connectivity index (χ1v) is 6.30. The number of H-pyrrole nitrogens is 1. The van der Waals surface area contributed by atoms with Gasteiger partial charge >= 0.3 is 11.1 Å². The summed E-state index contributed by atoms with van der Waals surface area (Å²) in [5, 5.41) is 16.3. The molecule has 0 aliphatic rings. The quantitative estimate of drug-likeness (QED) is 0.441. The zero-order valence-electron chi connectivity index (χ0n) is 9.13. The van der Waals surface area contributed by atoms with Gasteiger partial charge in [-0.25, -0.2) is 0 Å². The van der Waals surface area contributed by atoms with Crippen molar-refractivity contribution < 1.29 is 14.6 Å². The van der Waals surface area contributed by atoms with Gasteiger partial charge in [-0.2, -0.15) is 0 Å². The molecule has 0 radical (unpaired) electrons. The molecule has 0 bridgehead atoms. The molecule has 0 atom stereocenters. The Morgan fingerprint density at radius 2 is 2.39 bits per heavy atom. The highest BCUT2D eigenvalue weighted by Gasteiger charge is 2.20. The third kappa shape index (κ3) is 2.74. The van der Waals surface area contributed by atoms with Crippen molar-refractivity contribution in [3.63, 3.8) is 0 Å². The number of aromatic nitrogens is 3. The van der Waals surface area contributed by atoms with Gasteiger partial charge in [0.1, 0.15) is 5.75 Å². The van der Waals surface area contributed by atoms with Gasteiger partial charge in [0.25, 0.3) is 5.82 Å². The Labute approximate surface area is 112 Å². The highest BCUT2D eigenvalue weighted by Crippen LogP contribution is 2.19. The minimum absolute atomic E-state index is 0.100. The minimum atomic E-state index is -0.924. The Bertz CT molecular complexity index is 587. The van der Waals surface area contributed by atoms with Crippen LogP contribution in [0.1, 0.15) is 0 Å². The number of nitrogens with two attached hydrogens (primary N) is 1. The number of nitrogens with zero attached hydrogens (tertiary/aromatic N) is 2. The Kier molecular flexibility index (Phi) is 3.73. The van der Waals surface area contributed by atoms with E-state index in [1.165, 1.54) is 4.68 Å². The molecule has 0 saturated heterocycles. The molecule has 0 amide bonds. The number of hydrogen-bond acceptors (Lipinski definition) is 4. The molecular formula is C10H10ClN4O2S+. The molecule has 2 aromatic rings. The molecule has 1 aromatic carbocycles. The average molecular weight is 286 g/mol. The van der Waals surface area contributed by atoms with Gasteiger partial charge in [-0.3, -0.25) is 10.6 Å². The number of nitrogens with one attached hydrogen (secondary N) is 1. The zero-order chi connectivity index (χ0) is 13.1. The van der Waals surface area contributed by atoms with Crippen molar-refractivity contribution in [1.82, 2.24) is 10.2 Å². The number of thioether (sulfide) groups is 1. The Balaban J connectivity index is 2.28. The molecule has 8 heteroatoms. The summed E-state index contributed by atoms with van der Waals surface area (Å²) in [4.78, 5) is 10.5. The molecule has 18 heavy (non-hydrogen) atoms. The number of benzene rings is 1. The lowest BCUT2D eigenvalue weighted by atomic mass is 10.2.